The molecule has 154 valence electrons. The van der Waals surface area contributed by atoms with Gasteiger partial charge >= 0.3 is 12.1 Å². The first-order valence-electron chi connectivity index (χ1n) is 8.51. The largest absolute Gasteiger partial charge is 0.445 e. The Bertz CT molecular complexity index is 909. The summed E-state index contributed by atoms with van der Waals surface area (Å²) < 4.78 is 10.7. The van der Waals surface area contributed by atoms with E-state index in [0.29, 0.717) is 19.4 Å². The summed E-state index contributed by atoms with van der Waals surface area (Å²) in [5.41, 5.74) is 0.836. The molecule has 1 saturated heterocycles. The summed E-state index contributed by atoms with van der Waals surface area (Å²) in [4.78, 5) is 26.5. The van der Waals surface area contributed by atoms with Crippen LogP contribution in [0.4, 0.5) is 4.79 Å². The summed E-state index contributed by atoms with van der Waals surface area (Å²) in [6.45, 7) is 0.453. The third-order valence-electron chi connectivity index (χ3n) is 4.34. The number of esters is 1. The van der Waals surface area contributed by atoms with Gasteiger partial charge < -0.3 is 9.47 Å². The van der Waals surface area contributed by atoms with E-state index in [2.05, 4.69) is 0 Å². The average Bonchev–Trinajstić information content (AvgIpc) is 3.23. The molecule has 2 aromatic rings. The lowest BCUT2D eigenvalue weighted by molar-refractivity contribution is -0.139. The van der Waals surface area contributed by atoms with Crippen LogP contribution in [0.2, 0.25) is 25.1 Å². The molecule has 0 aliphatic carbocycles. The van der Waals surface area contributed by atoms with Crippen molar-refractivity contribution in [2.45, 2.75) is 25.5 Å². The lowest BCUT2D eigenvalue weighted by Gasteiger charge is -2.23. The van der Waals surface area contributed by atoms with Gasteiger partial charge in [0.2, 0.25) is 0 Å². The summed E-state index contributed by atoms with van der Waals surface area (Å²) in [5, 5.41) is -0.506. The van der Waals surface area contributed by atoms with Crippen LogP contribution in [0.15, 0.2) is 30.3 Å². The summed E-state index contributed by atoms with van der Waals surface area (Å²) >= 11 is 30.1. The zero-order valence-electron chi connectivity index (χ0n) is 14.8. The second-order valence-corrected chi connectivity index (χ2v) is 8.10. The maximum atomic E-state index is 12.7. The van der Waals surface area contributed by atoms with Crippen LogP contribution >= 0.6 is 58.0 Å². The first-order valence-corrected chi connectivity index (χ1v) is 10.4. The highest BCUT2D eigenvalue weighted by molar-refractivity contribution is 6.55. The third-order valence-corrected chi connectivity index (χ3v) is 6.58. The van der Waals surface area contributed by atoms with Gasteiger partial charge in [0.1, 0.15) is 22.7 Å². The first kappa shape index (κ1) is 22.3. The second-order valence-electron chi connectivity index (χ2n) is 6.21. The van der Waals surface area contributed by atoms with Crippen molar-refractivity contribution in [2.75, 3.05) is 6.54 Å². The number of halogens is 5. The summed E-state index contributed by atoms with van der Waals surface area (Å²) in [6, 6.07) is 8.37. The molecular formula is C19H14Cl5NO4. The lowest BCUT2D eigenvalue weighted by Crippen LogP contribution is -2.42. The fourth-order valence-corrected chi connectivity index (χ4v) is 4.07. The molecular weight excluding hydrogens is 483 g/mol. The maximum absolute atomic E-state index is 12.7. The monoisotopic (exact) mass is 495 g/mol. The van der Waals surface area contributed by atoms with E-state index in [9.17, 15) is 9.59 Å². The topological polar surface area (TPSA) is 55.8 Å². The molecule has 0 radical (unpaired) electrons. The lowest BCUT2D eigenvalue weighted by atomic mass is 10.2. The van der Waals surface area contributed by atoms with E-state index in [-0.39, 0.29) is 37.5 Å². The van der Waals surface area contributed by atoms with E-state index in [1.165, 1.54) is 4.90 Å². The smallest absolute Gasteiger partial charge is 0.410 e. The predicted molar refractivity (Wildman–Crippen MR) is 113 cm³/mol. The standard InChI is InChI=1S/C19H14Cl5NO4/c20-12-13(21)15(23)17(16(24)14(12)22)29-18(26)11-7-4-8-25(11)19(27)28-9-10-5-2-1-3-6-10/h1-3,5-6,11H,4,7-9H2/t11-/m0/s1. The molecule has 0 N–H and O–H groups in total. The van der Waals surface area contributed by atoms with Crippen LogP contribution in [0.3, 0.4) is 0 Å². The Balaban J connectivity index is 1.71. The van der Waals surface area contributed by atoms with E-state index in [1.807, 2.05) is 30.3 Å². The Hall–Kier alpha value is -1.37. The Morgan fingerprint density at radius 2 is 1.52 bits per heavy atom. The molecule has 5 nitrogen and oxygen atoms in total. The molecule has 1 heterocycles. The van der Waals surface area contributed by atoms with Crippen molar-refractivity contribution in [1.29, 1.82) is 0 Å². The number of ether oxygens (including phenoxy) is 2. The van der Waals surface area contributed by atoms with Crippen LogP contribution in [-0.4, -0.2) is 29.5 Å². The molecule has 3 rings (SSSR count). The molecule has 0 bridgehead atoms. The molecule has 1 aliphatic rings. The number of carbonyl (C=O) groups excluding carboxylic acids is 2. The number of amides is 1. The molecule has 0 unspecified atom stereocenters. The van der Waals surface area contributed by atoms with Crippen molar-refractivity contribution in [2.24, 2.45) is 0 Å². The van der Waals surface area contributed by atoms with Gasteiger partial charge in [-0.2, -0.15) is 0 Å². The zero-order chi connectivity index (χ0) is 21.1. The van der Waals surface area contributed by atoms with Gasteiger partial charge in [-0.25, -0.2) is 9.59 Å². The Morgan fingerprint density at radius 1 is 0.931 bits per heavy atom. The highest BCUT2D eigenvalue weighted by Gasteiger charge is 2.37. The van der Waals surface area contributed by atoms with E-state index >= 15 is 0 Å². The van der Waals surface area contributed by atoms with Gasteiger partial charge in [-0.05, 0) is 18.4 Å². The van der Waals surface area contributed by atoms with Crippen LogP contribution in [0.25, 0.3) is 0 Å². The predicted octanol–water partition coefficient (Wildman–Crippen LogP) is 6.66. The molecule has 1 fully saturated rings. The molecule has 0 saturated carbocycles. The van der Waals surface area contributed by atoms with Gasteiger partial charge in [-0.15, -0.1) is 0 Å². The van der Waals surface area contributed by atoms with E-state index in [1.54, 1.807) is 0 Å². The van der Waals surface area contributed by atoms with Crippen molar-refractivity contribution in [3.05, 3.63) is 61.0 Å². The summed E-state index contributed by atoms with van der Waals surface area (Å²) in [6.07, 6.45) is 0.408. The molecule has 1 atom stereocenters. The van der Waals surface area contributed by atoms with Crippen LogP contribution in [0.1, 0.15) is 18.4 Å². The fraction of sp³-hybridized carbons (Fsp3) is 0.263. The summed E-state index contributed by atoms with van der Waals surface area (Å²) in [5.74, 6) is -0.931. The number of nitrogens with zero attached hydrogens (tertiary/aromatic N) is 1. The van der Waals surface area contributed by atoms with Crippen molar-refractivity contribution in [1.82, 2.24) is 4.90 Å². The zero-order valence-corrected chi connectivity index (χ0v) is 18.5. The molecule has 0 spiro atoms. The van der Waals surface area contributed by atoms with E-state index in [0.717, 1.165) is 5.56 Å². The van der Waals surface area contributed by atoms with Gasteiger partial charge in [-0.1, -0.05) is 88.3 Å². The molecule has 29 heavy (non-hydrogen) atoms. The molecule has 1 aliphatic heterocycles. The Labute approximate surface area is 192 Å². The first-order chi connectivity index (χ1) is 13.8. The molecule has 1 amide bonds. The average molecular weight is 498 g/mol. The number of hydrogen-bond acceptors (Lipinski definition) is 4. The van der Waals surface area contributed by atoms with Crippen LogP contribution in [-0.2, 0) is 16.1 Å². The van der Waals surface area contributed by atoms with Gasteiger partial charge in [0.25, 0.3) is 0 Å². The van der Waals surface area contributed by atoms with Crippen LogP contribution in [0, 0.1) is 0 Å². The van der Waals surface area contributed by atoms with Crippen LogP contribution in [0.5, 0.6) is 5.75 Å². The van der Waals surface area contributed by atoms with Crippen molar-refractivity contribution in [3.8, 4) is 5.75 Å². The minimum Gasteiger partial charge on any atom is -0.445 e. The number of rotatable bonds is 4. The van der Waals surface area contributed by atoms with Crippen molar-refractivity contribution >= 4 is 70.1 Å². The number of carbonyl (C=O) groups is 2. The second kappa shape index (κ2) is 9.63. The molecule has 10 heteroatoms. The van der Waals surface area contributed by atoms with Crippen molar-refractivity contribution in [3.63, 3.8) is 0 Å². The fourth-order valence-electron chi connectivity index (χ4n) is 2.88. The minimum absolute atomic E-state index is 0.0462. The van der Waals surface area contributed by atoms with Gasteiger partial charge in [-0.3, -0.25) is 4.90 Å². The van der Waals surface area contributed by atoms with Crippen LogP contribution < -0.4 is 4.74 Å². The number of benzene rings is 2. The molecule has 0 aromatic heterocycles. The van der Waals surface area contributed by atoms with Gasteiger partial charge in [0.15, 0.2) is 5.75 Å². The maximum Gasteiger partial charge on any atom is 0.410 e. The summed E-state index contributed by atoms with van der Waals surface area (Å²) in [7, 11) is 0. The third kappa shape index (κ3) is 4.86. The Kier molecular flexibility index (Phi) is 7.41. The highest BCUT2D eigenvalue weighted by Crippen LogP contribution is 2.48. The number of hydrogen-bond donors (Lipinski definition) is 0. The van der Waals surface area contributed by atoms with E-state index < -0.39 is 18.1 Å². The highest BCUT2D eigenvalue weighted by atomic mass is 35.5. The van der Waals surface area contributed by atoms with Gasteiger partial charge in [0.05, 0.1) is 15.1 Å². The SMILES string of the molecule is O=C(Oc1c(Cl)c(Cl)c(Cl)c(Cl)c1Cl)[C@@H]1CCCN1C(=O)OCc1ccccc1. The Morgan fingerprint density at radius 3 is 2.14 bits per heavy atom. The normalized spacial score (nSPS) is 16.0. The van der Waals surface area contributed by atoms with E-state index in [4.69, 9.17) is 67.5 Å². The number of likely N-dealkylation sites (tertiary alicyclic amines) is 1. The minimum atomic E-state index is -0.848. The quantitative estimate of drug-likeness (QED) is 0.205. The molecule has 2 aromatic carbocycles. The van der Waals surface area contributed by atoms with Crippen molar-refractivity contribution < 1.29 is 19.1 Å². The van der Waals surface area contributed by atoms with Gasteiger partial charge in [0, 0.05) is 6.54 Å².